The Hall–Kier alpha value is -13.1. The third-order valence-electron chi connectivity index (χ3n) is 13.7. The number of ether oxygens (including phenoxy) is 3. The fourth-order valence-electron chi connectivity index (χ4n) is 9.39. The minimum atomic E-state index is -0.475. The van der Waals surface area contributed by atoms with Gasteiger partial charge < -0.3 is 74.0 Å². The number of carbonyl (C=O) groups is 8. The van der Waals surface area contributed by atoms with E-state index in [1.807, 2.05) is 100 Å². The normalized spacial score (nSPS) is 10.1. The highest BCUT2D eigenvalue weighted by Gasteiger charge is 2.10. The first-order valence-corrected chi connectivity index (χ1v) is 33.5. The van der Waals surface area contributed by atoms with E-state index < -0.39 is 11.9 Å². The molecule has 0 spiro atoms. The summed E-state index contributed by atoms with van der Waals surface area (Å²) < 4.78 is 14.0. The van der Waals surface area contributed by atoms with E-state index in [4.69, 9.17) is 50.9 Å². The Morgan fingerprint density at radius 1 is 0.426 bits per heavy atom. The molecule has 0 radical (unpaired) electrons. The second-order valence-electron chi connectivity index (χ2n) is 23.6. The van der Waals surface area contributed by atoms with Crippen molar-refractivity contribution < 1.29 is 52.6 Å². The highest BCUT2D eigenvalue weighted by Crippen LogP contribution is 2.29. The number of esters is 2. The standard InChI is InChI=1S/C13H16N2O3.C13H14N2O2.C12H13N3O.C12H12N2O2.C10H11N3.C8H10N2O.C5H4Cl2N2.C5H8O3/c1-9(8-13(17)18-3)14-11-4-6-12(7-5-11)15-10(2)16;1-8-6-13(17-3)11-7-10(15-9(2)16)4-5-12(11)14-8;1-7-5-11(13)10-6-9(15-8(2)16)3-4-12(10)14-7;1-7-5-12(16)10-6-9(14-8(2)15)3-4-11(10)13-7;1-6-4-9(12)8-5-7(11)2-3-10(8)13-6;1-6(11)10-8-4-2-7(9)3-5-8;1-3-2-4(6)9-5(7)8-3;1-4(6)3-5(7)8-2/h4-8,14H,1-3H3,(H,15,16);4-7H,1-3H3,(H,15,16);3-6H,1-2H3,(H2,13,14)(H,15,16);3-6H,1-2H3,(H,13,16)(H,14,15);2-5H,11H2,1H3,(H2,12,13);2-5H,9H2,1H3,(H,10,11);2H,1H3;3H2,1-2H3. The zero-order valence-electron chi connectivity index (χ0n) is 62.4. The van der Waals surface area contributed by atoms with E-state index in [-0.39, 0.29) is 52.5 Å². The van der Waals surface area contributed by atoms with Crippen molar-refractivity contribution in [2.24, 2.45) is 0 Å². The number of aromatic amines is 1. The zero-order valence-corrected chi connectivity index (χ0v) is 63.9. The van der Waals surface area contributed by atoms with Crippen molar-refractivity contribution in [3.8, 4) is 5.75 Å². The van der Waals surface area contributed by atoms with Gasteiger partial charge in [-0.1, -0.05) is 11.6 Å². The highest BCUT2D eigenvalue weighted by atomic mass is 35.5. The Morgan fingerprint density at radius 3 is 1.25 bits per heavy atom. The highest BCUT2D eigenvalue weighted by molar-refractivity contribution is 6.31. The number of aromatic nitrogens is 6. The summed E-state index contributed by atoms with van der Waals surface area (Å²) in [4.78, 5) is 121. The molecular weight excluding hydrogens is 1420 g/mol. The number of nitrogen functional groups attached to an aromatic ring is 4. The third kappa shape index (κ3) is 31.9. The largest absolute Gasteiger partial charge is 0.496 e. The van der Waals surface area contributed by atoms with Crippen LogP contribution in [0.15, 0.2) is 168 Å². The van der Waals surface area contributed by atoms with Crippen LogP contribution in [0.25, 0.3) is 43.6 Å². The number of halogens is 2. The molecule has 0 bridgehead atoms. The Labute approximate surface area is 634 Å². The maximum absolute atomic E-state index is 11.7. The predicted octanol–water partition coefficient (Wildman–Crippen LogP) is 13.7. The Bertz CT molecular complexity index is 5070. The number of carbonyl (C=O) groups excluding carboxylic acids is 8. The van der Waals surface area contributed by atoms with Crippen molar-refractivity contribution >= 4 is 171 Å². The molecular formula is C78H88Cl2N16O12. The van der Waals surface area contributed by atoms with Gasteiger partial charge in [-0.15, -0.1) is 0 Å². The number of amides is 5. The Kier molecular flexibility index (Phi) is 35.0. The molecule has 0 aliphatic rings. The molecule has 0 aliphatic heterocycles. The van der Waals surface area contributed by atoms with Crippen LogP contribution in [0, 0.1) is 34.6 Å². The summed E-state index contributed by atoms with van der Waals surface area (Å²) >= 11 is 11.0. The SMILES string of the molecule is CC(=O)Nc1ccc(N)cc1.CC(=O)Nc1ccc2[nH]c(C)cc(=O)c2c1.CC(=O)Nc1ccc2nc(C)cc(N)c2c1.COC(=O)C=C(C)Nc1ccc(NC(C)=O)cc1.COC(=O)CC(C)=O.COc1cc(C)nc2ccc(NC(C)=O)cc12.Cc1cc(Cl)nc(Cl)n1.Cc1cc(N)c2cc(N)ccc2n1. The van der Waals surface area contributed by atoms with Crippen molar-refractivity contribution in [1.82, 2.24) is 29.9 Å². The number of fused-ring (bicyclic) bond motifs is 4. The van der Waals surface area contributed by atoms with Crippen LogP contribution in [0.4, 0.5) is 56.9 Å². The zero-order chi connectivity index (χ0) is 80.5. The maximum Gasteiger partial charge on any atom is 0.332 e. The molecule has 0 fully saturated rings. The molecule has 0 atom stereocenters. The minimum Gasteiger partial charge on any atom is -0.496 e. The second kappa shape index (κ2) is 43.3. The molecule has 566 valence electrons. The van der Waals surface area contributed by atoms with Crippen molar-refractivity contribution in [1.29, 1.82) is 0 Å². The van der Waals surface area contributed by atoms with E-state index in [1.165, 1.54) is 61.8 Å². The van der Waals surface area contributed by atoms with Gasteiger partial charge in [0.1, 0.15) is 23.1 Å². The Balaban J connectivity index is 0.000000264. The summed E-state index contributed by atoms with van der Waals surface area (Å²) in [5, 5.41) is 20.3. The first-order chi connectivity index (χ1) is 50.9. The van der Waals surface area contributed by atoms with E-state index in [0.717, 1.165) is 107 Å². The molecule has 0 aliphatic carbocycles. The summed E-state index contributed by atoms with van der Waals surface area (Å²) in [6.07, 6.45) is 1.25. The number of H-pyrrole nitrogens is 1. The minimum absolute atomic E-state index is 0.0431. The van der Waals surface area contributed by atoms with Crippen LogP contribution in [0.2, 0.25) is 10.4 Å². The number of nitrogens with two attached hydrogens (primary N) is 4. The Morgan fingerprint density at radius 2 is 0.815 bits per heavy atom. The predicted molar refractivity (Wildman–Crippen MR) is 431 cm³/mol. The molecule has 15 N–H and O–H groups in total. The fraction of sp³-hybridized carbons (Fsp3) is 0.205. The van der Waals surface area contributed by atoms with Gasteiger partial charge in [0.2, 0.25) is 34.8 Å². The van der Waals surface area contributed by atoms with Gasteiger partial charge in [-0.2, -0.15) is 0 Å². The molecule has 5 aromatic heterocycles. The summed E-state index contributed by atoms with van der Waals surface area (Å²) in [7, 11) is 4.21. The average Bonchev–Trinajstić information content (AvgIpc) is 0.836. The number of rotatable bonds is 11. The van der Waals surface area contributed by atoms with E-state index in [2.05, 4.69) is 71.3 Å². The molecule has 6 aromatic carbocycles. The number of methoxy groups -OCH3 is 3. The van der Waals surface area contributed by atoms with Gasteiger partial charge in [-0.05, 0) is 200 Å². The molecule has 11 rings (SSSR count). The van der Waals surface area contributed by atoms with Crippen molar-refractivity contribution in [2.45, 2.75) is 89.5 Å². The van der Waals surface area contributed by atoms with Crippen molar-refractivity contribution in [3.63, 3.8) is 0 Å². The lowest BCUT2D eigenvalue weighted by Crippen LogP contribution is -2.07. The van der Waals surface area contributed by atoms with Crippen LogP contribution in [0.1, 0.15) is 83.4 Å². The van der Waals surface area contributed by atoms with Gasteiger partial charge in [0.15, 0.2) is 5.43 Å². The van der Waals surface area contributed by atoms with E-state index in [1.54, 1.807) is 99.8 Å². The van der Waals surface area contributed by atoms with Crippen LogP contribution >= 0.6 is 23.2 Å². The lowest BCUT2D eigenvalue weighted by molar-refractivity contribution is -0.143. The smallest absolute Gasteiger partial charge is 0.332 e. The number of hydrogen-bond donors (Lipinski definition) is 11. The number of nitrogens with one attached hydrogen (secondary N) is 7. The van der Waals surface area contributed by atoms with Gasteiger partial charge in [0.05, 0.1) is 37.9 Å². The topological polar surface area (TPSA) is 438 Å². The monoisotopic (exact) mass is 1510 g/mol. The molecule has 0 saturated heterocycles. The van der Waals surface area contributed by atoms with Crippen LogP contribution < -0.4 is 65.0 Å². The first-order valence-electron chi connectivity index (χ1n) is 32.7. The van der Waals surface area contributed by atoms with Crippen LogP contribution in [-0.4, -0.2) is 98.5 Å². The summed E-state index contributed by atoms with van der Waals surface area (Å²) in [6, 6.07) is 44.7. The summed E-state index contributed by atoms with van der Waals surface area (Å²) in [6.45, 7) is 19.8. The molecule has 5 heterocycles. The lowest BCUT2D eigenvalue weighted by atomic mass is 10.1. The average molecular weight is 1510 g/mol. The first kappa shape index (κ1) is 87.3. The molecule has 28 nitrogen and oxygen atoms in total. The number of allylic oxidation sites excluding steroid dienone is 1. The quantitative estimate of drug-likeness (QED) is 0.0143. The number of aryl methyl sites for hydroxylation is 5. The number of nitrogens with zero attached hydrogens (tertiary/aromatic N) is 5. The second-order valence-corrected chi connectivity index (χ2v) is 24.4. The summed E-state index contributed by atoms with van der Waals surface area (Å²) in [5.74, 6) is -0.819. The number of ketones is 1. The van der Waals surface area contributed by atoms with Gasteiger partial charge in [0, 0.05) is 171 Å². The van der Waals surface area contributed by atoms with Crippen LogP contribution in [-0.2, 0) is 47.8 Å². The van der Waals surface area contributed by atoms with Gasteiger partial charge in [0.25, 0.3) is 0 Å². The van der Waals surface area contributed by atoms with Gasteiger partial charge in [-0.3, -0.25) is 53.3 Å². The number of pyridine rings is 4. The molecule has 0 unspecified atom stereocenters. The van der Waals surface area contributed by atoms with Crippen LogP contribution in [0.5, 0.6) is 5.75 Å². The van der Waals surface area contributed by atoms with Crippen LogP contribution in [0.3, 0.4) is 0 Å². The molecule has 11 aromatic rings. The number of anilines is 10. The molecule has 0 saturated carbocycles. The van der Waals surface area contributed by atoms with Gasteiger partial charge >= 0.3 is 11.9 Å². The van der Waals surface area contributed by atoms with Gasteiger partial charge in [-0.25, -0.2) is 14.8 Å². The fourth-order valence-corrected chi connectivity index (χ4v) is 9.90. The maximum atomic E-state index is 11.7. The summed E-state index contributed by atoms with van der Waals surface area (Å²) in [5.41, 5.74) is 38.4. The molecule has 30 heteroatoms. The molecule has 108 heavy (non-hydrogen) atoms. The van der Waals surface area contributed by atoms with Crippen molar-refractivity contribution in [2.75, 3.05) is 76.2 Å². The number of benzene rings is 6. The lowest BCUT2D eigenvalue weighted by Gasteiger charge is -2.08. The number of hydrogen-bond acceptors (Lipinski definition) is 22. The van der Waals surface area contributed by atoms with Crippen molar-refractivity contribution in [3.05, 3.63) is 213 Å². The van der Waals surface area contributed by atoms with E-state index in [9.17, 15) is 43.2 Å². The number of Topliss-reactive ketones (excluding diaryl/α,β-unsaturated/α-hetero) is 1. The van der Waals surface area contributed by atoms with E-state index >= 15 is 0 Å². The third-order valence-corrected chi connectivity index (χ3v) is 14.1. The molecule has 5 amide bonds. The van der Waals surface area contributed by atoms with E-state index in [0.29, 0.717) is 39.0 Å².